The molecule has 1 aromatic carbocycles. The van der Waals surface area contributed by atoms with Gasteiger partial charge in [-0.3, -0.25) is 9.59 Å². The molecule has 1 atom stereocenters. The number of hydrogen-bond donors (Lipinski definition) is 1. The van der Waals surface area contributed by atoms with E-state index in [1.807, 2.05) is 0 Å². The summed E-state index contributed by atoms with van der Waals surface area (Å²) >= 11 is 0. The van der Waals surface area contributed by atoms with Crippen LogP contribution in [-0.2, 0) is 4.79 Å². The summed E-state index contributed by atoms with van der Waals surface area (Å²) < 4.78 is 31.2. The number of aldehydes is 1. The fourth-order valence-electron chi connectivity index (χ4n) is 0.995. The van der Waals surface area contributed by atoms with Gasteiger partial charge >= 0.3 is 0 Å². The molecule has 6 heteroatoms. The Morgan fingerprint density at radius 1 is 1.44 bits per heavy atom. The number of amides is 1. The van der Waals surface area contributed by atoms with Gasteiger partial charge in [0.2, 0.25) is 0 Å². The number of rotatable bonds is 4. The molecule has 16 heavy (non-hydrogen) atoms. The topological polar surface area (TPSA) is 69.4 Å². The molecule has 1 amide bonds. The van der Waals surface area contributed by atoms with Gasteiger partial charge in [0.1, 0.15) is 6.29 Å². The summed E-state index contributed by atoms with van der Waals surface area (Å²) in [6.07, 6.45) is -0.862. The molecular weight excluding hydrogens is 220 g/mol. The number of primary amides is 1. The molecular formula is C10H9F2NO3. The van der Waals surface area contributed by atoms with Crippen molar-refractivity contribution in [2.24, 2.45) is 5.73 Å². The molecule has 0 bridgehead atoms. The lowest BCUT2D eigenvalue weighted by Gasteiger charge is -2.12. The number of halogens is 2. The molecule has 1 unspecified atom stereocenters. The molecule has 0 radical (unpaired) electrons. The van der Waals surface area contributed by atoms with Crippen molar-refractivity contribution >= 4 is 12.2 Å². The van der Waals surface area contributed by atoms with E-state index in [2.05, 4.69) is 0 Å². The minimum atomic E-state index is -1.16. The quantitative estimate of drug-likeness (QED) is 0.784. The third-order valence-corrected chi connectivity index (χ3v) is 1.85. The van der Waals surface area contributed by atoms with Crippen LogP contribution in [0.5, 0.6) is 5.75 Å². The first kappa shape index (κ1) is 12.1. The van der Waals surface area contributed by atoms with Gasteiger partial charge in [0.05, 0.1) is 0 Å². The van der Waals surface area contributed by atoms with Gasteiger partial charge in [-0.2, -0.15) is 0 Å². The summed E-state index contributed by atoms with van der Waals surface area (Å²) in [6.45, 7) is 1.26. The summed E-state index contributed by atoms with van der Waals surface area (Å²) in [5, 5.41) is 0. The first-order chi connectivity index (χ1) is 7.45. The van der Waals surface area contributed by atoms with Gasteiger partial charge in [0.15, 0.2) is 23.5 Å². The fourth-order valence-corrected chi connectivity index (χ4v) is 0.995. The molecule has 1 rings (SSSR count). The van der Waals surface area contributed by atoms with E-state index in [1.165, 1.54) is 6.92 Å². The maximum absolute atomic E-state index is 13.2. The SMILES string of the molecule is CC(Oc1c(F)cc(C=O)cc1F)C(N)=O. The second kappa shape index (κ2) is 4.69. The van der Waals surface area contributed by atoms with Crippen LogP contribution in [0, 0.1) is 11.6 Å². The lowest BCUT2D eigenvalue weighted by Crippen LogP contribution is -2.31. The van der Waals surface area contributed by atoms with Gasteiger partial charge in [0.25, 0.3) is 5.91 Å². The van der Waals surface area contributed by atoms with Crippen LogP contribution in [0.1, 0.15) is 17.3 Å². The van der Waals surface area contributed by atoms with E-state index in [1.54, 1.807) is 0 Å². The third-order valence-electron chi connectivity index (χ3n) is 1.85. The van der Waals surface area contributed by atoms with E-state index in [-0.39, 0.29) is 5.56 Å². The number of nitrogens with two attached hydrogens (primary N) is 1. The molecule has 0 fully saturated rings. The lowest BCUT2D eigenvalue weighted by atomic mass is 10.2. The molecule has 0 aromatic heterocycles. The third kappa shape index (κ3) is 2.53. The summed E-state index contributed by atoms with van der Waals surface area (Å²) in [4.78, 5) is 20.9. The standard InChI is InChI=1S/C10H9F2NO3/c1-5(10(13)15)16-9-7(11)2-6(4-14)3-8(9)12/h2-5H,1H3,(H2,13,15). The summed E-state index contributed by atoms with van der Waals surface area (Å²) in [5.41, 5.74) is 4.72. The molecule has 0 heterocycles. The molecule has 0 aliphatic rings. The van der Waals surface area contributed by atoms with Gasteiger partial charge in [-0.1, -0.05) is 0 Å². The highest BCUT2D eigenvalue weighted by Crippen LogP contribution is 2.23. The van der Waals surface area contributed by atoms with Gasteiger partial charge in [-0.05, 0) is 19.1 Å². The largest absolute Gasteiger partial charge is 0.475 e. The Bertz CT molecular complexity index is 411. The van der Waals surface area contributed by atoms with Crippen molar-refractivity contribution in [3.8, 4) is 5.75 Å². The van der Waals surface area contributed by atoms with Crippen molar-refractivity contribution in [1.82, 2.24) is 0 Å². The Balaban J connectivity index is 3.05. The first-order valence-corrected chi connectivity index (χ1v) is 4.36. The van der Waals surface area contributed by atoms with E-state index in [4.69, 9.17) is 10.5 Å². The minimum absolute atomic E-state index is 0.158. The number of benzene rings is 1. The monoisotopic (exact) mass is 229 g/mol. The highest BCUT2D eigenvalue weighted by Gasteiger charge is 2.18. The van der Waals surface area contributed by atoms with E-state index < -0.39 is 29.4 Å². The van der Waals surface area contributed by atoms with Crippen LogP contribution in [0.25, 0.3) is 0 Å². The number of ether oxygens (including phenoxy) is 1. The second-order valence-electron chi connectivity index (χ2n) is 3.09. The molecule has 2 N–H and O–H groups in total. The zero-order valence-corrected chi connectivity index (χ0v) is 8.37. The van der Waals surface area contributed by atoms with Crippen molar-refractivity contribution in [3.05, 3.63) is 29.3 Å². The number of carbonyl (C=O) groups is 2. The molecule has 0 saturated heterocycles. The summed E-state index contributed by atoms with van der Waals surface area (Å²) in [7, 11) is 0. The highest BCUT2D eigenvalue weighted by atomic mass is 19.1. The van der Waals surface area contributed by atoms with Crippen LogP contribution in [0.4, 0.5) is 8.78 Å². The normalized spacial score (nSPS) is 11.9. The predicted octanol–water partition coefficient (Wildman–Crippen LogP) is 1.03. The van der Waals surface area contributed by atoms with Gasteiger partial charge in [-0.15, -0.1) is 0 Å². The van der Waals surface area contributed by atoms with E-state index in [9.17, 15) is 18.4 Å². The highest BCUT2D eigenvalue weighted by molar-refractivity contribution is 5.79. The fraction of sp³-hybridized carbons (Fsp3) is 0.200. The Morgan fingerprint density at radius 3 is 2.31 bits per heavy atom. The predicted molar refractivity (Wildman–Crippen MR) is 51.0 cm³/mol. The van der Waals surface area contributed by atoms with Crippen molar-refractivity contribution in [2.45, 2.75) is 13.0 Å². The van der Waals surface area contributed by atoms with Gasteiger partial charge in [-0.25, -0.2) is 8.78 Å². The molecule has 0 spiro atoms. The minimum Gasteiger partial charge on any atom is -0.475 e. The average Bonchev–Trinajstić information content (AvgIpc) is 2.22. The molecule has 1 aromatic rings. The van der Waals surface area contributed by atoms with E-state index >= 15 is 0 Å². The van der Waals surface area contributed by atoms with Crippen molar-refractivity contribution in [3.63, 3.8) is 0 Å². The number of hydrogen-bond acceptors (Lipinski definition) is 3. The average molecular weight is 229 g/mol. The van der Waals surface area contributed by atoms with Crippen molar-refractivity contribution < 1.29 is 23.1 Å². The van der Waals surface area contributed by atoms with Gasteiger partial charge in [0, 0.05) is 5.56 Å². The van der Waals surface area contributed by atoms with Crippen molar-refractivity contribution in [1.29, 1.82) is 0 Å². The van der Waals surface area contributed by atoms with E-state index in [0.717, 1.165) is 12.1 Å². The molecule has 4 nitrogen and oxygen atoms in total. The Morgan fingerprint density at radius 2 is 1.94 bits per heavy atom. The molecule has 0 aliphatic carbocycles. The number of carbonyl (C=O) groups excluding carboxylic acids is 2. The van der Waals surface area contributed by atoms with Crippen molar-refractivity contribution in [2.75, 3.05) is 0 Å². The molecule has 0 aliphatic heterocycles. The maximum Gasteiger partial charge on any atom is 0.258 e. The van der Waals surface area contributed by atoms with Crippen LogP contribution < -0.4 is 10.5 Å². The first-order valence-electron chi connectivity index (χ1n) is 4.36. The Kier molecular flexibility index (Phi) is 3.55. The maximum atomic E-state index is 13.2. The Hall–Kier alpha value is -1.98. The zero-order valence-electron chi connectivity index (χ0n) is 8.37. The molecule has 86 valence electrons. The summed E-state index contributed by atoms with van der Waals surface area (Å²) in [5.74, 6) is -3.69. The van der Waals surface area contributed by atoms with Crippen LogP contribution in [0.2, 0.25) is 0 Å². The summed E-state index contributed by atoms with van der Waals surface area (Å²) in [6, 6.07) is 1.61. The molecule has 0 saturated carbocycles. The smallest absolute Gasteiger partial charge is 0.258 e. The van der Waals surface area contributed by atoms with Gasteiger partial charge < -0.3 is 10.5 Å². The second-order valence-corrected chi connectivity index (χ2v) is 3.09. The van der Waals surface area contributed by atoms with Crippen LogP contribution in [-0.4, -0.2) is 18.3 Å². The zero-order chi connectivity index (χ0) is 12.3. The van der Waals surface area contributed by atoms with Crippen LogP contribution >= 0.6 is 0 Å². The van der Waals surface area contributed by atoms with Crippen LogP contribution in [0.15, 0.2) is 12.1 Å². The lowest BCUT2D eigenvalue weighted by molar-refractivity contribution is -0.124. The Labute approximate surface area is 90.0 Å². The van der Waals surface area contributed by atoms with Crippen LogP contribution in [0.3, 0.4) is 0 Å². The van der Waals surface area contributed by atoms with E-state index in [0.29, 0.717) is 6.29 Å².